The van der Waals surface area contributed by atoms with Crippen molar-refractivity contribution in [1.82, 2.24) is 0 Å². The summed E-state index contributed by atoms with van der Waals surface area (Å²) in [6.45, 7) is 5.27. The van der Waals surface area contributed by atoms with Gasteiger partial charge in [0.25, 0.3) is 0 Å². The fourth-order valence-corrected chi connectivity index (χ4v) is 3.02. The first-order chi connectivity index (χ1) is 13.0. The van der Waals surface area contributed by atoms with Crippen LogP contribution in [0.15, 0.2) is 42.5 Å². The third kappa shape index (κ3) is 5.79. The minimum Gasteiger partial charge on any atom is -0.493 e. The zero-order chi connectivity index (χ0) is 20.9. The van der Waals surface area contributed by atoms with Crippen LogP contribution in [0.1, 0.15) is 31.9 Å². The van der Waals surface area contributed by atoms with E-state index in [4.69, 9.17) is 4.74 Å². The first kappa shape index (κ1) is 21.9. The van der Waals surface area contributed by atoms with Crippen LogP contribution in [0.2, 0.25) is 0 Å². The molecule has 0 saturated heterocycles. The van der Waals surface area contributed by atoms with Gasteiger partial charge in [0.15, 0.2) is 0 Å². The summed E-state index contributed by atoms with van der Waals surface area (Å²) in [6.07, 6.45) is -4.48. The molecule has 154 valence electrons. The Morgan fingerprint density at radius 3 is 2.18 bits per heavy atom. The van der Waals surface area contributed by atoms with Crippen LogP contribution in [0.5, 0.6) is 5.75 Å². The second-order valence-electron chi connectivity index (χ2n) is 6.39. The van der Waals surface area contributed by atoms with Crippen LogP contribution in [0.4, 0.5) is 24.5 Å². The summed E-state index contributed by atoms with van der Waals surface area (Å²) in [5.41, 5.74) is 0.957. The predicted molar refractivity (Wildman–Crippen MR) is 104 cm³/mol. The summed E-state index contributed by atoms with van der Waals surface area (Å²) in [6, 6.07) is 10.4. The lowest BCUT2D eigenvalue weighted by Gasteiger charge is -2.15. The molecule has 2 rings (SSSR count). The quantitative estimate of drug-likeness (QED) is 0.645. The molecule has 0 saturated carbocycles. The molecule has 0 fully saturated rings. The minimum absolute atomic E-state index is 0.125. The van der Waals surface area contributed by atoms with Crippen LogP contribution in [-0.4, -0.2) is 20.3 Å². The molecular weight excluding hydrogens is 393 g/mol. The lowest BCUT2D eigenvalue weighted by atomic mass is 10.1. The molecule has 0 aliphatic carbocycles. The molecule has 0 bridgehead atoms. The van der Waals surface area contributed by atoms with Gasteiger partial charge in [-0.3, -0.25) is 4.72 Å². The van der Waals surface area contributed by atoms with Gasteiger partial charge in [-0.15, -0.1) is 0 Å². The molecule has 28 heavy (non-hydrogen) atoms. The highest BCUT2D eigenvalue weighted by Gasteiger charge is 2.34. The van der Waals surface area contributed by atoms with Gasteiger partial charge in [-0.05, 0) is 50.6 Å². The first-order valence-corrected chi connectivity index (χ1v) is 10.3. The number of hydrogen-bond acceptors (Lipinski definition) is 4. The average Bonchev–Trinajstić information content (AvgIpc) is 2.60. The van der Waals surface area contributed by atoms with Crippen LogP contribution < -0.4 is 14.8 Å². The number of nitrogens with one attached hydrogen (secondary N) is 2. The van der Waals surface area contributed by atoms with E-state index in [0.29, 0.717) is 17.9 Å². The summed E-state index contributed by atoms with van der Waals surface area (Å²) in [5.74, 6) is -0.224. The number of alkyl halides is 3. The van der Waals surface area contributed by atoms with E-state index in [0.717, 1.165) is 11.6 Å². The maximum atomic E-state index is 13.0. The molecule has 0 amide bonds. The summed E-state index contributed by atoms with van der Waals surface area (Å²) < 4.78 is 70.4. The molecule has 0 atom stereocenters. The highest BCUT2D eigenvalue weighted by Crippen LogP contribution is 2.37. The van der Waals surface area contributed by atoms with Gasteiger partial charge >= 0.3 is 6.18 Å². The molecule has 2 N–H and O–H groups in total. The van der Waals surface area contributed by atoms with Crippen molar-refractivity contribution >= 4 is 21.4 Å². The van der Waals surface area contributed by atoms with Crippen molar-refractivity contribution in [2.45, 2.75) is 38.7 Å². The van der Waals surface area contributed by atoms with E-state index in [9.17, 15) is 21.6 Å². The Labute approximate surface area is 163 Å². The number of sulfonamides is 1. The van der Waals surface area contributed by atoms with Crippen LogP contribution >= 0.6 is 0 Å². The molecule has 0 unspecified atom stereocenters. The Kier molecular flexibility index (Phi) is 6.82. The monoisotopic (exact) mass is 416 g/mol. The van der Waals surface area contributed by atoms with E-state index in [1.54, 1.807) is 45.0 Å². The zero-order valence-electron chi connectivity index (χ0n) is 15.8. The fraction of sp³-hybridized carbons (Fsp3) is 0.368. The van der Waals surface area contributed by atoms with Crippen molar-refractivity contribution in [3.63, 3.8) is 0 Å². The second-order valence-corrected chi connectivity index (χ2v) is 8.62. The predicted octanol–water partition coefficient (Wildman–Crippen LogP) is 4.87. The molecule has 0 aliphatic heterocycles. The fourth-order valence-electron chi connectivity index (χ4n) is 2.32. The van der Waals surface area contributed by atoms with Crippen LogP contribution in [0.25, 0.3) is 0 Å². The maximum absolute atomic E-state index is 13.0. The van der Waals surface area contributed by atoms with E-state index in [1.807, 2.05) is 0 Å². The first-order valence-electron chi connectivity index (χ1n) is 8.71. The van der Waals surface area contributed by atoms with Gasteiger partial charge < -0.3 is 10.1 Å². The van der Waals surface area contributed by atoms with Gasteiger partial charge in [-0.1, -0.05) is 12.1 Å². The number of anilines is 2. The van der Waals surface area contributed by atoms with Crippen molar-refractivity contribution in [2.24, 2.45) is 0 Å². The molecule has 5 nitrogen and oxygen atoms in total. The van der Waals surface area contributed by atoms with Gasteiger partial charge in [0.1, 0.15) is 5.75 Å². The maximum Gasteiger partial charge on any atom is 0.419 e. The van der Waals surface area contributed by atoms with E-state index in [-0.39, 0.29) is 12.4 Å². The number of hydrogen-bond donors (Lipinski definition) is 2. The van der Waals surface area contributed by atoms with Crippen molar-refractivity contribution in [2.75, 3.05) is 16.6 Å². The van der Waals surface area contributed by atoms with E-state index in [2.05, 4.69) is 10.0 Å². The molecule has 2 aromatic carbocycles. The Morgan fingerprint density at radius 1 is 1.04 bits per heavy atom. The Bertz CT molecular complexity index is 896. The molecule has 0 spiro atoms. The standard InChI is InChI=1S/C19H23F3N2O3S/c1-4-27-18-11-16(9-10-17(18)19(20,21)22)23-12-14-5-7-15(8-6-14)24-28(25,26)13(2)3/h5-11,13,23-24H,4,12H2,1-3H3. The number of rotatable bonds is 8. The Balaban J connectivity index is 2.07. The molecule has 0 aliphatic rings. The third-order valence-corrected chi connectivity index (χ3v) is 5.68. The molecule has 2 aromatic rings. The van der Waals surface area contributed by atoms with E-state index in [1.165, 1.54) is 12.1 Å². The summed E-state index contributed by atoms with van der Waals surface area (Å²) in [7, 11) is -3.42. The smallest absolute Gasteiger partial charge is 0.419 e. The SMILES string of the molecule is CCOc1cc(NCc2ccc(NS(=O)(=O)C(C)C)cc2)ccc1C(F)(F)F. The number of benzene rings is 2. The van der Waals surface area contributed by atoms with Gasteiger partial charge in [-0.2, -0.15) is 13.2 Å². The van der Waals surface area contributed by atoms with Gasteiger partial charge in [0, 0.05) is 24.0 Å². The van der Waals surface area contributed by atoms with Gasteiger partial charge in [0.2, 0.25) is 10.0 Å². The minimum atomic E-state index is -4.48. The zero-order valence-corrected chi connectivity index (χ0v) is 16.6. The molecule has 0 aromatic heterocycles. The normalized spacial score (nSPS) is 12.1. The topological polar surface area (TPSA) is 67.4 Å². The van der Waals surface area contributed by atoms with Crippen molar-refractivity contribution < 1.29 is 26.3 Å². The summed E-state index contributed by atoms with van der Waals surface area (Å²) in [5, 5.41) is 2.49. The molecule has 0 heterocycles. The average molecular weight is 416 g/mol. The lowest BCUT2D eigenvalue weighted by Crippen LogP contribution is -2.22. The molecule has 0 radical (unpaired) electrons. The van der Waals surface area contributed by atoms with Gasteiger partial charge in [-0.25, -0.2) is 8.42 Å². The number of ether oxygens (including phenoxy) is 1. The van der Waals surface area contributed by atoms with Crippen molar-refractivity contribution in [3.8, 4) is 5.75 Å². The third-order valence-electron chi connectivity index (χ3n) is 3.92. The largest absolute Gasteiger partial charge is 0.493 e. The number of halogens is 3. The Hall–Kier alpha value is -2.42. The molecular formula is C19H23F3N2O3S. The Morgan fingerprint density at radius 2 is 1.64 bits per heavy atom. The van der Waals surface area contributed by atoms with Crippen LogP contribution in [0, 0.1) is 0 Å². The van der Waals surface area contributed by atoms with E-state index >= 15 is 0 Å². The molecule has 9 heteroatoms. The highest BCUT2D eigenvalue weighted by atomic mass is 32.2. The summed E-state index contributed by atoms with van der Waals surface area (Å²) in [4.78, 5) is 0. The summed E-state index contributed by atoms with van der Waals surface area (Å²) >= 11 is 0. The highest BCUT2D eigenvalue weighted by molar-refractivity contribution is 7.93. The van der Waals surface area contributed by atoms with Crippen molar-refractivity contribution in [1.29, 1.82) is 0 Å². The van der Waals surface area contributed by atoms with Crippen LogP contribution in [-0.2, 0) is 22.7 Å². The lowest BCUT2D eigenvalue weighted by molar-refractivity contribution is -0.138. The van der Waals surface area contributed by atoms with Crippen LogP contribution in [0.3, 0.4) is 0 Å². The van der Waals surface area contributed by atoms with E-state index < -0.39 is 27.0 Å². The van der Waals surface area contributed by atoms with Gasteiger partial charge in [0.05, 0.1) is 17.4 Å². The second kappa shape index (κ2) is 8.72. The van der Waals surface area contributed by atoms with Crippen molar-refractivity contribution in [3.05, 3.63) is 53.6 Å².